The highest BCUT2D eigenvalue weighted by Gasteiger charge is 2.38. The van der Waals surface area contributed by atoms with E-state index in [4.69, 9.17) is 5.73 Å². The zero-order chi connectivity index (χ0) is 13.8. The van der Waals surface area contributed by atoms with Crippen LogP contribution in [0.5, 0.6) is 0 Å². The molecule has 4 N–H and O–H groups in total. The van der Waals surface area contributed by atoms with Gasteiger partial charge in [0.05, 0.1) is 5.54 Å². The maximum atomic E-state index is 12.0. The second-order valence-corrected chi connectivity index (χ2v) is 5.38. The summed E-state index contributed by atoms with van der Waals surface area (Å²) in [5.74, 6) is -0.355. The Balaban J connectivity index is 2.46. The van der Waals surface area contributed by atoms with E-state index < -0.39 is 11.6 Å². The number of hydrogen-bond acceptors (Lipinski definition) is 3. The summed E-state index contributed by atoms with van der Waals surface area (Å²) in [6.07, 6.45) is 4.25. The fourth-order valence-electron chi connectivity index (χ4n) is 2.11. The van der Waals surface area contributed by atoms with Crippen molar-refractivity contribution in [3.63, 3.8) is 0 Å². The van der Waals surface area contributed by atoms with Crippen LogP contribution in [-0.2, 0) is 9.59 Å². The summed E-state index contributed by atoms with van der Waals surface area (Å²) < 4.78 is 0. The van der Waals surface area contributed by atoms with E-state index in [2.05, 4.69) is 10.6 Å². The third-order valence-electron chi connectivity index (χ3n) is 3.69. The van der Waals surface area contributed by atoms with Crippen molar-refractivity contribution in [1.82, 2.24) is 10.6 Å². The summed E-state index contributed by atoms with van der Waals surface area (Å²) in [5, 5.41) is 5.56. The topological polar surface area (TPSA) is 84.2 Å². The molecule has 2 amide bonds. The van der Waals surface area contributed by atoms with Gasteiger partial charge in [-0.3, -0.25) is 9.59 Å². The highest BCUT2D eigenvalue weighted by atomic mass is 16.2. The Bertz CT molecular complexity index is 311. The largest absolute Gasteiger partial charge is 0.352 e. The number of amides is 2. The van der Waals surface area contributed by atoms with Gasteiger partial charge in [-0.05, 0) is 33.1 Å². The van der Waals surface area contributed by atoms with Crippen LogP contribution >= 0.6 is 0 Å². The molecule has 2 atom stereocenters. The molecule has 1 saturated carbocycles. The van der Waals surface area contributed by atoms with Gasteiger partial charge in [-0.25, -0.2) is 0 Å². The minimum absolute atomic E-state index is 0.121. The van der Waals surface area contributed by atoms with Crippen LogP contribution in [0.4, 0.5) is 0 Å². The van der Waals surface area contributed by atoms with Gasteiger partial charge in [0.1, 0.15) is 6.04 Å². The minimum atomic E-state index is -0.773. The van der Waals surface area contributed by atoms with E-state index in [9.17, 15) is 9.59 Å². The molecule has 0 aromatic heterocycles. The number of hydrogen-bond donors (Lipinski definition) is 3. The van der Waals surface area contributed by atoms with E-state index in [1.807, 2.05) is 13.8 Å². The average Bonchev–Trinajstić information content (AvgIpc) is 2.77. The maximum Gasteiger partial charge on any atom is 0.242 e. The first kappa shape index (κ1) is 15.0. The molecule has 5 heteroatoms. The second-order valence-electron chi connectivity index (χ2n) is 5.38. The third-order valence-corrected chi connectivity index (χ3v) is 3.69. The average molecular weight is 255 g/mol. The predicted octanol–water partition coefficient (Wildman–Crippen LogP) is 0.677. The summed E-state index contributed by atoms with van der Waals surface area (Å²) >= 11 is 0. The van der Waals surface area contributed by atoms with E-state index in [1.54, 1.807) is 6.92 Å². The molecule has 0 radical (unpaired) electrons. The van der Waals surface area contributed by atoms with Crippen LogP contribution in [0.1, 0.15) is 52.9 Å². The van der Waals surface area contributed by atoms with Gasteiger partial charge in [0, 0.05) is 6.04 Å². The van der Waals surface area contributed by atoms with Gasteiger partial charge < -0.3 is 16.4 Å². The van der Waals surface area contributed by atoms with Gasteiger partial charge in [0.15, 0.2) is 0 Å². The van der Waals surface area contributed by atoms with Gasteiger partial charge in [-0.2, -0.15) is 0 Å². The lowest BCUT2D eigenvalue weighted by molar-refractivity contribution is -0.131. The molecule has 1 aliphatic carbocycles. The zero-order valence-electron chi connectivity index (χ0n) is 11.6. The van der Waals surface area contributed by atoms with Gasteiger partial charge in [0.25, 0.3) is 0 Å². The molecule has 104 valence electrons. The number of nitrogens with one attached hydrogen (secondary N) is 2. The van der Waals surface area contributed by atoms with Crippen molar-refractivity contribution in [1.29, 1.82) is 0 Å². The van der Waals surface area contributed by atoms with E-state index in [-0.39, 0.29) is 17.9 Å². The van der Waals surface area contributed by atoms with Crippen LogP contribution < -0.4 is 16.4 Å². The van der Waals surface area contributed by atoms with E-state index in [1.165, 1.54) is 0 Å². The summed E-state index contributed by atoms with van der Waals surface area (Å²) in [6, 6.07) is -0.414. The first-order chi connectivity index (χ1) is 8.39. The molecule has 0 aliphatic heterocycles. The minimum Gasteiger partial charge on any atom is -0.352 e. The smallest absolute Gasteiger partial charge is 0.242 e. The molecule has 0 bridgehead atoms. The highest BCUT2D eigenvalue weighted by Crippen LogP contribution is 2.27. The Kier molecular flexibility index (Phi) is 5.14. The molecule has 0 spiro atoms. The van der Waals surface area contributed by atoms with E-state index in [0.717, 1.165) is 19.3 Å². The Labute approximate surface area is 109 Å². The van der Waals surface area contributed by atoms with Gasteiger partial charge in [0.2, 0.25) is 11.8 Å². The molecule has 0 aromatic carbocycles. The number of carbonyl (C=O) groups excluding carboxylic acids is 2. The van der Waals surface area contributed by atoms with Crippen LogP contribution in [0, 0.1) is 0 Å². The lowest BCUT2D eigenvalue weighted by Gasteiger charge is -2.25. The van der Waals surface area contributed by atoms with Crippen LogP contribution in [0.15, 0.2) is 0 Å². The molecule has 0 heterocycles. The first-order valence-electron chi connectivity index (χ1n) is 6.79. The Morgan fingerprint density at radius 2 is 1.78 bits per heavy atom. The van der Waals surface area contributed by atoms with Crippen molar-refractivity contribution in [2.24, 2.45) is 5.73 Å². The normalized spacial score (nSPS) is 21.1. The third kappa shape index (κ3) is 3.70. The molecular weight excluding hydrogens is 230 g/mol. The monoisotopic (exact) mass is 255 g/mol. The molecule has 1 aliphatic rings. The SMILES string of the molecule is CCC(C)NC(=O)C(C)NC(=O)C1(N)CCCC1. The van der Waals surface area contributed by atoms with Gasteiger partial charge in [-0.15, -0.1) is 0 Å². The number of nitrogens with two attached hydrogens (primary N) is 1. The Morgan fingerprint density at radius 1 is 1.22 bits per heavy atom. The molecule has 2 unspecified atom stereocenters. The van der Waals surface area contributed by atoms with Crippen LogP contribution in [0.2, 0.25) is 0 Å². The molecule has 1 fully saturated rings. The van der Waals surface area contributed by atoms with Crippen molar-refractivity contribution >= 4 is 11.8 Å². The summed E-state index contributed by atoms with van der Waals surface area (Å²) in [7, 11) is 0. The van der Waals surface area contributed by atoms with Crippen molar-refractivity contribution < 1.29 is 9.59 Å². The summed E-state index contributed by atoms with van der Waals surface area (Å²) in [4.78, 5) is 23.8. The summed E-state index contributed by atoms with van der Waals surface area (Å²) in [6.45, 7) is 5.63. The zero-order valence-corrected chi connectivity index (χ0v) is 11.6. The first-order valence-corrected chi connectivity index (χ1v) is 6.79. The van der Waals surface area contributed by atoms with Crippen LogP contribution in [0.25, 0.3) is 0 Å². The fourth-order valence-corrected chi connectivity index (χ4v) is 2.11. The maximum absolute atomic E-state index is 12.0. The highest BCUT2D eigenvalue weighted by molar-refractivity contribution is 5.92. The second kappa shape index (κ2) is 6.18. The van der Waals surface area contributed by atoms with Crippen LogP contribution in [-0.4, -0.2) is 29.4 Å². The molecule has 0 aromatic rings. The molecule has 18 heavy (non-hydrogen) atoms. The molecule has 5 nitrogen and oxygen atoms in total. The van der Waals surface area contributed by atoms with Gasteiger partial charge >= 0.3 is 0 Å². The van der Waals surface area contributed by atoms with E-state index >= 15 is 0 Å². The quantitative estimate of drug-likeness (QED) is 0.675. The fraction of sp³-hybridized carbons (Fsp3) is 0.846. The van der Waals surface area contributed by atoms with Crippen molar-refractivity contribution in [2.75, 3.05) is 0 Å². The standard InChI is InChI=1S/C13H25N3O2/c1-4-9(2)15-11(17)10(3)16-12(18)13(14)7-5-6-8-13/h9-10H,4-8,14H2,1-3H3,(H,15,17)(H,16,18). The lowest BCUT2D eigenvalue weighted by atomic mass is 9.97. The van der Waals surface area contributed by atoms with Crippen molar-refractivity contribution in [3.05, 3.63) is 0 Å². The Hall–Kier alpha value is -1.10. The van der Waals surface area contributed by atoms with Gasteiger partial charge in [-0.1, -0.05) is 19.8 Å². The Morgan fingerprint density at radius 3 is 2.28 bits per heavy atom. The van der Waals surface area contributed by atoms with E-state index in [0.29, 0.717) is 12.8 Å². The molecule has 1 rings (SSSR count). The molecular formula is C13H25N3O2. The van der Waals surface area contributed by atoms with Crippen LogP contribution in [0.3, 0.4) is 0 Å². The number of rotatable bonds is 5. The van der Waals surface area contributed by atoms with Crippen molar-refractivity contribution in [3.8, 4) is 0 Å². The molecule has 0 saturated heterocycles. The lowest BCUT2D eigenvalue weighted by Crippen LogP contribution is -2.57. The predicted molar refractivity (Wildman–Crippen MR) is 70.9 cm³/mol. The van der Waals surface area contributed by atoms with Crippen molar-refractivity contribution in [2.45, 2.75) is 70.5 Å². The number of carbonyl (C=O) groups is 2. The summed E-state index contributed by atoms with van der Waals surface area (Å²) in [5.41, 5.74) is 5.26.